The van der Waals surface area contributed by atoms with Crippen LogP contribution in [0, 0.1) is 0 Å². The molecule has 0 bridgehead atoms. The van der Waals surface area contributed by atoms with Crippen LogP contribution < -0.4 is 4.74 Å². The zero-order chi connectivity index (χ0) is 16.1. The molecule has 3 rings (SSSR count). The molecule has 0 spiro atoms. The summed E-state index contributed by atoms with van der Waals surface area (Å²) in [5.41, 5.74) is 2.42. The van der Waals surface area contributed by atoms with Crippen molar-refractivity contribution in [3.8, 4) is 5.75 Å². The molecule has 0 radical (unpaired) electrons. The fourth-order valence-corrected chi connectivity index (χ4v) is 3.18. The van der Waals surface area contributed by atoms with Crippen molar-refractivity contribution in [3.63, 3.8) is 0 Å². The van der Waals surface area contributed by atoms with E-state index in [4.69, 9.17) is 9.47 Å². The van der Waals surface area contributed by atoms with Crippen molar-refractivity contribution in [2.45, 2.75) is 44.0 Å². The summed E-state index contributed by atoms with van der Waals surface area (Å²) in [5, 5.41) is 10.2. The molecule has 0 aromatic heterocycles. The molecule has 0 saturated carbocycles. The summed E-state index contributed by atoms with van der Waals surface area (Å²) in [6.45, 7) is 0. The van der Waals surface area contributed by atoms with Crippen LogP contribution >= 0.6 is 0 Å². The Balaban J connectivity index is 1.61. The van der Waals surface area contributed by atoms with Gasteiger partial charge in [0.05, 0.1) is 25.4 Å². The number of benzene rings is 2. The van der Waals surface area contributed by atoms with Crippen LogP contribution in [0.15, 0.2) is 54.6 Å². The maximum absolute atomic E-state index is 10.2. The molecule has 0 unspecified atom stereocenters. The van der Waals surface area contributed by atoms with Gasteiger partial charge >= 0.3 is 0 Å². The second-order valence-corrected chi connectivity index (χ2v) is 6.17. The monoisotopic (exact) mass is 312 g/mol. The molecule has 3 nitrogen and oxygen atoms in total. The molecule has 1 fully saturated rings. The van der Waals surface area contributed by atoms with Crippen molar-refractivity contribution in [1.29, 1.82) is 0 Å². The minimum absolute atomic E-state index is 0.0366. The van der Waals surface area contributed by atoms with Gasteiger partial charge in [-0.25, -0.2) is 0 Å². The first-order chi connectivity index (χ1) is 11.2. The number of hydrogen-bond acceptors (Lipinski definition) is 3. The zero-order valence-corrected chi connectivity index (χ0v) is 13.5. The first kappa shape index (κ1) is 16.0. The summed E-state index contributed by atoms with van der Waals surface area (Å²) in [5.74, 6) is 0.839. The van der Waals surface area contributed by atoms with Crippen molar-refractivity contribution < 1.29 is 14.6 Å². The van der Waals surface area contributed by atoms with E-state index < -0.39 is 0 Å². The molecule has 2 aromatic carbocycles. The highest BCUT2D eigenvalue weighted by molar-refractivity contribution is 5.28. The largest absolute Gasteiger partial charge is 0.497 e. The number of ether oxygens (including phenoxy) is 2. The maximum atomic E-state index is 10.2. The fraction of sp³-hybridized carbons (Fsp3) is 0.400. The zero-order valence-electron chi connectivity index (χ0n) is 13.5. The van der Waals surface area contributed by atoms with E-state index in [1.54, 1.807) is 7.11 Å². The molecule has 1 N–H and O–H groups in total. The topological polar surface area (TPSA) is 38.7 Å². The Morgan fingerprint density at radius 1 is 1.04 bits per heavy atom. The smallest absolute Gasteiger partial charge is 0.118 e. The summed E-state index contributed by atoms with van der Waals surface area (Å²) in [7, 11) is 1.66. The molecule has 0 aliphatic carbocycles. The van der Waals surface area contributed by atoms with Crippen LogP contribution in [-0.2, 0) is 11.2 Å². The Labute approximate surface area is 137 Å². The van der Waals surface area contributed by atoms with Crippen molar-refractivity contribution in [3.05, 3.63) is 65.7 Å². The molecule has 23 heavy (non-hydrogen) atoms. The van der Waals surface area contributed by atoms with Crippen LogP contribution in [0.4, 0.5) is 0 Å². The van der Waals surface area contributed by atoms with E-state index >= 15 is 0 Å². The first-order valence-electron chi connectivity index (χ1n) is 8.26. The van der Waals surface area contributed by atoms with Gasteiger partial charge in [0, 0.05) is 6.42 Å². The molecule has 3 heteroatoms. The van der Waals surface area contributed by atoms with Gasteiger partial charge < -0.3 is 14.6 Å². The van der Waals surface area contributed by atoms with E-state index in [9.17, 15) is 5.11 Å². The van der Waals surface area contributed by atoms with E-state index in [1.807, 2.05) is 30.3 Å². The van der Waals surface area contributed by atoms with Crippen LogP contribution in [0.2, 0.25) is 0 Å². The van der Waals surface area contributed by atoms with E-state index in [1.165, 1.54) is 5.56 Å². The van der Waals surface area contributed by atoms with Crippen molar-refractivity contribution in [2.24, 2.45) is 0 Å². The van der Waals surface area contributed by atoms with Gasteiger partial charge in [0.2, 0.25) is 0 Å². The van der Waals surface area contributed by atoms with Crippen molar-refractivity contribution in [1.82, 2.24) is 0 Å². The predicted molar refractivity (Wildman–Crippen MR) is 90.6 cm³/mol. The standard InChI is InChI=1S/C20H24O3/c1-22-18-11-8-16(9-12-18)20-14-17(21)13-19(23-20)10-7-15-5-3-2-4-6-15/h2-6,8-9,11-12,17,19-21H,7,10,13-14H2,1H3/t17-,19+,20+/m1/s1. The van der Waals surface area contributed by atoms with Crippen LogP contribution in [-0.4, -0.2) is 24.4 Å². The molecule has 1 aliphatic heterocycles. The lowest BCUT2D eigenvalue weighted by atomic mass is 9.93. The van der Waals surface area contributed by atoms with Gasteiger partial charge in [0.1, 0.15) is 5.75 Å². The average Bonchev–Trinajstić information content (AvgIpc) is 2.60. The van der Waals surface area contributed by atoms with Gasteiger partial charge in [0.15, 0.2) is 0 Å². The molecule has 1 saturated heterocycles. The lowest BCUT2D eigenvalue weighted by molar-refractivity contribution is -0.0998. The normalized spacial score (nSPS) is 24.3. The Morgan fingerprint density at radius 2 is 1.78 bits per heavy atom. The third kappa shape index (κ3) is 4.34. The molecule has 1 aliphatic rings. The van der Waals surface area contributed by atoms with Crippen molar-refractivity contribution >= 4 is 0 Å². The van der Waals surface area contributed by atoms with Crippen LogP contribution in [0.3, 0.4) is 0 Å². The second-order valence-electron chi connectivity index (χ2n) is 6.17. The van der Waals surface area contributed by atoms with Gasteiger partial charge in [-0.3, -0.25) is 0 Å². The Bertz CT molecular complexity index is 594. The molecule has 1 heterocycles. The third-order valence-electron chi connectivity index (χ3n) is 4.46. The van der Waals surface area contributed by atoms with E-state index in [-0.39, 0.29) is 18.3 Å². The minimum Gasteiger partial charge on any atom is -0.497 e. The highest BCUT2D eigenvalue weighted by Crippen LogP contribution is 2.33. The SMILES string of the molecule is COc1ccc([C@@H]2C[C@H](O)C[C@H](CCc3ccccc3)O2)cc1. The second kappa shape index (κ2) is 7.62. The number of hydrogen-bond donors (Lipinski definition) is 1. The molecular weight excluding hydrogens is 288 g/mol. The van der Waals surface area contributed by atoms with Crippen LogP contribution in [0.5, 0.6) is 5.75 Å². The van der Waals surface area contributed by atoms with Crippen LogP contribution in [0.1, 0.15) is 36.5 Å². The number of aryl methyl sites for hydroxylation is 1. The van der Waals surface area contributed by atoms with Gasteiger partial charge in [-0.2, -0.15) is 0 Å². The van der Waals surface area contributed by atoms with Gasteiger partial charge in [0.25, 0.3) is 0 Å². The minimum atomic E-state index is -0.295. The van der Waals surface area contributed by atoms with Gasteiger partial charge in [-0.1, -0.05) is 42.5 Å². The summed E-state index contributed by atoms with van der Waals surface area (Å²) in [6, 6.07) is 18.4. The highest BCUT2D eigenvalue weighted by Gasteiger charge is 2.29. The molecule has 2 aromatic rings. The Hall–Kier alpha value is -1.84. The Morgan fingerprint density at radius 3 is 2.48 bits per heavy atom. The summed E-state index contributed by atoms with van der Waals surface area (Å²) in [4.78, 5) is 0. The lowest BCUT2D eigenvalue weighted by Crippen LogP contribution is -2.31. The number of rotatable bonds is 5. The summed E-state index contributed by atoms with van der Waals surface area (Å²) >= 11 is 0. The summed E-state index contributed by atoms with van der Waals surface area (Å²) in [6.07, 6.45) is 3.07. The van der Waals surface area contributed by atoms with E-state index in [2.05, 4.69) is 24.3 Å². The molecule has 0 amide bonds. The summed E-state index contributed by atoms with van der Waals surface area (Å²) < 4.78 is 11.4. The number of methoxy groups -OCH3 is 1. The van der Waals surface area contributed by atoms with Gasteiger partial charge in [-0.05, 0) is 42.5 Å². The fourth-order valence-electron chi connectivity index (χ4n) is 3.18. The number of aliphatic hydroxyl groups excluding tert-OH is 1. The predicted octanol–water partition coefficient (Wildman–Crippen LogP) is 3.91. The van der Waals surface area contributed by atoms with Gasteiger partial charge in [-0.15, -0.1) is 0 Å². The Kier molecular flexibility index (Phi) is 5.31. The molecular formula is C20H24O3. The highest BCUT2D eigenvalue weighted by atomic mass is 16.5. The quantitative estimate of drug-likeness (QED) is 0.910. The van der Waals surface area contributed by atoms with E-state index in [0.717, 1.165) is 30.6 Å². The van der Waals surface area contributed by atoms with Crippen LogP contribution in [0.25, 0.3) is 0 Å². The third-order valence-corrected chi connectivity index (χ3v) is 4.46. The molecule has 122 valence electrons. The first-order valence-corrected chi connectivity index (χ1v) is 8.26. The molecule has 3 atom stereocenters. The number of aliphatic hydroxyl groups is 1. The van der Waals surface area contributed by atoms with E-state index in [0.29, 0.717) is 6.42 Å². The average molecular weight is 312 g/mol. The maximum Gasteiger partial charge on any atom is 0.118 e. The van der Waals surface area contributed by atoms with Crippen molar-refractivity contribution in [2.75, 3.05) is 7.11 Å². The lowest BCUT2D eigenvalue weighted by Gasteiger charge is -2.33.